The van der Waals surface area contributed by atoms with Crippen LogP contribution >= 0.6 is 0 Å². The number of anilines is 1. The van der Waals surface area contributed by atoms with Gasteiger partial charge in [-0.3, -0.25) is 0 Å². The van der Waals surface area contributed by atoms with Crippen molar-refractivity contribution in [2.45, 2.75) is 38.3 Å². The van der Waals surface area contributed by atoms with Crippen molar-refractivity contribution in [1.29, 1.82) is 0 Å². The van der Waals surface area contributed by atoms with E-state index in [0.29, 0.717) is 31.6 Å². The van der Waals surface area contributed by atoms with E-state index in [-0.39, 0.29) is 24.7 Å². The van der Waals surface area contributed by atoms with Gasteiger partial charge in [-0.15, -0.1) is 0 Å². The molecule has 2 atom stereocenters. The molecule has 2 unspecified atom stereocenters. The lowest BCUT2D eigenvalue weighted by atomic mass is 10.1. The van der Waals surface area contributed by atoms with Gasteiger partial charge in [-0.2, -0.15) is 0 Å². The molecule has 1 saturated heterocycles. The van der Waals surface area contributed by atoms with Crippen LogP contribution in [0.4, 0.5) is 19.3 Å². The number of amides is 2. The minimum Gasteiger partial charge on any atom is -0.396 e. The van der Waals surface area contributed by atoms with Crippen LogP contribution < -0.4 is 15.5 Å². The molecular formula is C16H23F2N3O2. The molecule has 0 bridgehead atoms. The summed E-state index contributed by atoms with van der Waals surface area (Å²) in [6, 6.07) is 3.08. The number of aliphatic hydroxyl groups excluding tert-OH is 1. The molecule has 1 heterocycles. The van der Waals surface area contributed by atoms with Crippen LogP contribution in [0.2, 0.25) is 0 Å². The van der Waals surface area contributed by atoms with Gasteiger partial charge in [-0.1, -0.05) is 6.92 Å². The van der Waals surface area contributed by atoms with Gasteiger partial charge >= 0.3 is 6.03 Å². The first-order chi connectivity index (χ1) is 11.0. The van der Waals surface area contributed by atoms with Crippen LogP contribution in [-0.2, 0) is 0 Å². The van der Waals surface area contributed by atoms with E-state index in [9.17, 15) is 13.6 Å². The Morgan fingerprint density at radius 3 is 2.91 bits per heavy atom. The maximum absolute atomic E-state index is 13.8. The lowest BCUT2D eigenvalue weighted by Gasteiger charge is -2.21. The molecule has 23 heavy (non-hydrogen) atoms. The number of carbonyl (C=O) groups excluding carboxylic acids is 1. The summed E-state index contributed by atoms with van der Waals surface area (Å²) in [5.74, 6) is -1.20. The van der Waals surface area contributed by atoms with Crippen molar-refractivity contribution in [3.8, 4) is 0 Å². The number of rotatable bonds is 6. The van der Waals surface area contributed by atoms with Gasteiger partial charge in [0.1, 0.15) is 11.6 Å². The third-order valence-corrected chi connectivity index (χ3v) is 4.08. The largest absolute Gasteiger partial charge is 0.396 e. The van der Waals surface area contributed by atoms with Crippen LogP contribution in [0.15, 0.2) is 18.2 Å². The van der Waals surface area contributed by atoms with E-state index in [2.05, 4.69) is 10.6 Å². The maximum atomic E-state index is 13.8. The summed E-state index contributed by atoms with van der Waals surface area (Å²) in [5.41, 5.74) is 0.350. The minimum absolute atomic E-state index is 0.0276. The van der Waals surface area contributed by atoms with Crippen LogP contribution in [0.1, 0.15) is 26.2 Å². The molecule has 0 radical (unpaired) electrons. The quantitative estimate of drug-likeness (QED) is 0.749. The molecule has 5 nitrogen and oxygen atoms in total. The highest BCUT2D eigenvalue weighted by molar-refractivity contribution is 5.74. The van der Waals surface area contributed by atoms with E-state index in [1.807, 2.05) is 6.92 Å². The highest BCUT2D eigenvalue weighted by Gasteiger charge is 2.26. The topological polar surface area (TPSA) is 64.6 Å². The number of hydrogen-bond acceptors (Lipinski definition) is 3. The average Bonchev–Trinajstić information content (AvgIpc) is 2.94. The molecular weight excluding hydrogens is 304 g/mol. The Kier molecular flexibility index (Phi) is 6.15. The summed E-state index contributed by atoms with van der Waals surface area (Å²) in [6.45, 7) is 3.04. The maximum Gasteiger partial charge on any atom is 0.315 e. The fourth-order valence-corrected chi connectivity index (χ4v) is 2.78. The number of hydrogen-bond donors (Lipinski definition) is 3. The van der Waals surface area contributed by atoms with Crippen LogP contribution in [0.25, 0.3) is 0 Å². The van der Waals surface area contributed by atoms with Crippen molar-refractivity contribution in [3.63, 3.8) is 0 Å². The van der Waals surface area contributed by atoms with Gasteiger partial charge in [0.05, 0.1) is 5.69 Å². The summed E-state index contributed by atoms with van der Waals surface area (Å²) in [6.07, 6.45) is 1.95. The summed E-state index contributed by atoms with van der Waals surface area (Å²) in [7, 11) is 0. The predicted octanol–water partition coefficient (Wildman–Crippen LogP) is 2.00. The second-order valence-corrected chi connectivity index (χ2v) is 5.76. The highest BCUT2D eigenvalue weighted by Crippen LogP contribution is 2.24. The van der Waals surface area contributed by atoms with Crippen LogP contribution in [0.3, 0.4) is 0 Å². The first kappa shape index (κ1) is 17.5. The zero-order valence-corrected chi connectivity index (χ0v) is 13.2. The van der Waals surface area contributed by atoms with Gasteiger partial charge in [0.25, 0.3) is 0 Å². The number of carbonyl (C=O) groups is 1. The Morgan fingerprint density at radius 1 is 1.48 bits per heavy atom. The molecule has 0 spiro atoms. The molecule has 0 saturated carbocycles. The number of nitrogens with zero attached hydrogens (tertiary/aromatic N) is 1. The zero-order chi connectivity index (χ0) is 16.8. The summed E-state index contributed by atoms with van der Waals surface area (Å²) < 4.78 is 26.7. The van der Waals surface area contributed by atoms with E-state index in [1.165, 1.54) is 12.1 Å². The first-order valence-corrected chi connectivity index (χ1v) is 7.91. The molecule has 0 aromatic heterocycles. The summed E-state index contributed by atoms with van der Waals surface area (Å²) in [4.78, 5) is 13.7. The number of benzene rings is 1. The third kappa shape index (κ3) is 4.79. The monoisotopic (exact) mass is 327 g/mol. The number of halogens is 2. The lowest BCUT2D eigenvalue weighted by molar-refractivity contribution is 0.225. The van der Waals surface area contributed by atoms with Gasteiger partial charge < -0.3 is 20.6 Å². The van der Waals surface area contributed by atoms with Crippen LogP contribution in [0, 0.1) is 11.6 Å². The second-order valence-electron chi connectivity index (χ2n) is 5.76. The highest BCUT2D eigenvalue weighted by atomic mass is 19.1. The molecule has 1 aromatic rings. The van der Waals surface area contributed by atoms with Crippen molar-refractivity contribution in [3.05, 3.63) is 29.8 Å². The number of urea groups is 1. The van der Waals surface area contributed by atoms with E-state index < -0.39 is 11.6 Å². The zero-order valence-electron chi connectivity index (χ0n) is 13.2. The third-order valence-electron chi connectivity index (χ3n) is 4.08. The Balaban J connectivity index is 1.86. The van der Waals surface area contributed by atoms with Gasteiger partial charge in [-0.05, 0) is 31.4 Å². The Morgan fingerprint density at radius 2 is 2.26 bits per heavy atom. The van der Waals surface area contributed by atoms with Gasteiger partial charge in [0.15, 0.2) is 0 Å². The smallest absolute Gasteiger partial charge is 0.315 e. The Labute approximate surface area is 134 Å². The van der Waals surface area contributed by atoms with Gasteiger partial charge in [0.2, 0.25) is 0 Å². The van der Waals surface area contributed by atoms with Crippen molar-refractivity contribution >= 4 is 11.7 Å². The minimum atomic E-state index is -0.603. The van der Waals surface area contributed by atoms with Crippen molar-refractivity contribution in [1.82, 2.24) is 10.6 Å². The van der Waals surface area contributed by atoms with E-state index in [4.69, 9.17) is 5.11 Å². The second kappa shape index (κ2) is 8.10. The first-order valence-electron chi connectivity index (χ1n) is 7.91. The number of nitrogens with one attached hydrogen (secondary N) is 2. The lowest BCUT2D eigenvalue weighted by Crippen LogP contribution is -2.47. The molecule has 0 aliphatic carbocycles. The molecule has 2 rings (SSSR count). The Bertz CT molecular complexity index is 542. The molecule has 1 aliphatic heterocycles. The molecule has 128 valence electrons. The summed E-state index contributed by atoms with van der Waals surface area (Å²) in [5, 5.41) is 14.6. The molecule has 3 N–H and O–H groups in total. The molecule has 7 heteroatoms. The van der Waals surface area contributed by atoms with E-state index in [1.54, 1.807) is 4.90 Å². The molecule has 2 amide bonds. The summed E-state index contributed by atoms with van der Waals surface area (Å²) >= 11 is 0. The fraction of sp³-hybridized carbons (Fsp3) is 0.562. The predicted molar refractivity (Wildman–Crippen MR) is 84.4 cm³/mol. The van der Waals surface area contributed by atoms with Crippen molar-refractivity contribution < 1.29 is 18.7 Å². The van der Waals surface area contributed by atoms with Crippen LogP contribution in [-0.4, -0.2) is 42.9 Å². The number of aliphatic hydroxyl groups is 1. The van der Waals surface area contributed by atoms with Crippen molar-refractivity contribution in [2.24, 2.45) is 0 Å². The average molecular weight is 327 g/mol. The Hall–Kier alpha value is -1.89. The molecule has 1 aromatic carbocycles. The molecule has 1 aliphatic rings. The standard InChI is InChI=1S/C16H23F2N3O2/c1-2-12(6-8-22)19-16(23)20-13-5-7-21(10-13)15-4-3-11(17)9-14(15)18/h3-4,9,12-13,22H,2,5-8,10H2,1H3,(H2,19,20,23). The normalized spacial score (nSPS) is 18.8. The van der Waals surface area contributed by atoms with Crippen molar-refractivity contribution in [2.75, 3.05) is 24.6 Å². The molecule has 1 fully saturated rings. The van der Waals surface area contributed by atoms with Gasteiger partial charge in [0, 0.05) is 37.8 Å². The van der Waals surface area contributed by atoms with Gasteiger partial charge in [-0.25, -0.2) is 13.6 Å². The van der Waals surface area contributed by atoms with E-state index in [0.717, 1.165) is 12.5 Å². The fourth-order valence-electron chi connectivity index (χ4n) is 2.78. The SMILES string of the molecule is CCC(CCO)NC(=O)NC1CCN(c2ccc(F)cc2F)C1. The van der Waals surface area contributed by atoms with E-state index >= 15 is 0 Å². The van der Waals surface area contributed by atoms with Crippen LogP contribution in [0.5, 0.6) is 0 Å².